The van der Waals surface area contributed by atoms with E-state index in [1.807, 2.05) is 45.0 Å². The molecule has 0 fully saturated rings. The van der Waals surface area contributed by atoms with Gasteiger partial charge in [-0.1, -0.05) is 30.4 Å². The van der Waals surface area contributed by atoms with Crippen LogP contribution in [0.2, 0.25) is 0 Å². The molecule has 27 heavy (non-hydrogen) atoms. The van der Waals surface area contributed by atoms with E-state index in [1.54, 1.807) is 6.07 Å². The number of benzene rings is 2. The Balaban J connectivity index is 1.94. The maximum atomic E-state index is 12.7. The maximum Gasteiger partial charge on any atom is 0.256 e. The average molecular weight is 445 g/mol. The van der Waals surface area contributed by atoms with Crippen molar-refractivity contribution in [3.8, 4) is 0 Å². The summed E-state index contributed by atoms with van der Waals surface area (Å²) >= 11 is 4.97. The number of hydrazone groups is 1. The van der Waals surface area contributed by atoms with E-state index in [0.717, 1.165) is 48.8 Å². The number of anilines is 2. The summed E-state index contributed by atoms with van der Waals surface area (Å²) in [5.74, 6) is -0.140. The third kappa shape index (κ3) is 4.20. The van der Waals surface area contributed by atoms with E-state index in [1.165, 1.54) is 11.3 Å². The summed E-state index contributed by atoms with van der Waals surface area (Å²) in [4.78, 5) is 17.3. The number of rotatable bonds is 5. The van der Waals surface area contributed by atoms with E-state index >= 15 is 0 Å². The smallest absolute Gasteiger partial charge is 0.256 e. The molecule has 0 bridgehead atoms. The van der Waals surface area contributed by atoms with Crippen LogP contribution in [0.25, 0.3) is 10.2 Å². The molecule has 1 amide bonds. The van der Waals surface area contributed by atoms with Crippen LogP contribution < -0.4 is 10.7 Å². The maximum absolute atomic E-state index is 12.7. The Hall–Kier alpha value is -2.25. The largest absolute Gasteiger partial charge is 0.321 e. The third-order valence-electron chi connectivity index (χ3n) is 4.33. The molecule has 0 aliphatic rings. The van der Waals surface area contributed by atoms with Gasteiger partial charge in [-0.2, -0.15) is 5.10 Å². The van der Waals surface area contributed by atoms with E-state index in [9.17, 15) is 4.79 Å². The predicted molar refractivity (Wildman–Crippen MR) is 118 cm³/mol. The Labute approximate surface area is 171 Å². The number of hydrogen-bond donors (Lipinski definition) is 2. The fraction of sp³-hybridized carbons (Fsp3) is 0.250. The number of thiazole rings is 1. The molecule has 0 saturated carbocycles. The van der Waals surface area contributed by atoms with Gasteiger partial charge in [0.25, 0.3) is 5.91 Å². The van der Waals surface area contributed by atoms with Crippen molar-refractivity contribution in [3.63, 3.8) is 0 Å². The van der Waals surface area contributed by atoms with Crippen molar-refractivity contribution in [3.05, 3.63) is 51.5 Å². The highest BCUT2D eigenvalue weighted by molar-refractivity contribution is 9.10. The molecule has 2 N–H and O–H groups in total. The van der Waals surface area contributed by atoms with Crippen LogP contribution >= 0.6 is 27.3 Å². The number of nitrogens with one attached hydrogen (secondary N) is 2. The summed E-state index contributed by atoms with van der Waals surface area (Å²) < 4.78 is 1.81. The molecule has 7 heteroatoms. The number of amides is 1. The lowest BCUT2D eigenvalue weighted by molar-refractivity contribution is 0.102. The van der Waals surface area contributed by atoms with E-state index < -0.39 is 0 Å². The van der Waals surface area contributed by atoms with Crippen molar-refractivity contribution in [2.24, 2.45) is 5.10 Å². The second kappa shape index (κ2) is 8.19. The molecule has 3 aromatic rings. The monoisotopic (exact) mass is 444 g/mol. The standard InChI is InChI=1S/C20H21BrN4OS/c1-5-12(3)24-25-20-22-16-10-11(2)17(13(4)18(16)27-20)23-19(26)14-8-6-7-9-15(14)21/h6-10H,5H2,1-4H3,(H,22,25)(H,23,26)/b24-12-. The van der Waals surface area contributed by atoms with Crippen molar-refractivity contribution >= 4 is 59.9 Å². The minimum Gasteiger partial charge on any atom is -0.321 e. The first-order chi connectivity index (χ1) is 12.9. The van der Waals surface area contributed by atoms with Crippen LogP contribution in [-0.4, -0.2) is 16.6 Å². The molecule has 0 saturated heterocycles. The summed E-state index contributed by atoms with van der Waals surface area (Å²) in [7, 11) is 0. The molecule has 0 aliphatic carbocycles. The lowest BCUT2D eigenvalue weighted by Gasteiger charge is -2.13. The molecule has 0 spiro atoms. The van der Waals surface area contributed by atoms with E-state index in [-0.39, 0.29) is 5.91 Å². The number of carbonyl (C=O) groups excluding carboxylic acids is 1. The molecular formula is C20H21BrN4OS. The van der Waals surface area contributed by atoms with Crippen LogP contribution in [0.15, 0.2) is 39.9 Å². The van der Waals surface area contributed by atoms with Gasteiger partial charge in [-0.25, -0.2) is 4.98 Å². The molecule has 0 atom stereocenters. The second-order valence-corrected chi connectivity index (χ2v) is 8.16. The average Bonchev–Trinajstić information content (AvgIpc) is 3.06. The molecule has 3 rings (SSSR count). The van der Waals surface area contributed by atoms with Gasteiger partial charge in [0, 0.05) is 15.9 Å². The number of hydrogen-bond acceptors (Lipinski definition) is 5. The minimum atomic E-state index is -0.140. The van der Waals surface area contributed by atoms with Crippen molar-refractivity contribution in [1.29, 1.82) is 0 Å². The van der Waals surface area contributed by atoms with Gasteiger partial charge in [-0.05, 0) is 72.4 Å². The van der Waals surface area contributed by atoms with Crippen molar-refractivity contribution in [2.75, 3.05) is 10.7 Å². The third-order valence-corrected chi connectivity index (χ3v) is 6.11. The highest BCUT2D eigenvalue weighted by Gasteiger charge is 2.16. The number of fused-ring (bicyclic) bond motifs is 1. The Bertz CT molecular complexity index is 1040. The van der Waals surface area contributed by atoms with Crippen molar-refractivity contribution < 1.29 is 4.79 Å². The zero-order valence-corrected chi connectivity index (χ0v) is 18.1. The molecule has 2 aromatic carbocycles. The summed E-state index contributed by atoms with van der Waals surface area (Å²) in [6.07, 6.45) is 0.890. The fourth-order valence-electron chi connectivity index (χ4n) is 2.67. The number of halogens is 1. The van der Waals surface area contributed by atoms with Gasteiger partial charge in [0.15, 0.2) is 0 Å². The van der Waals surface area contributed by atoms with Gasteiger partial charge < -0.3 is 5.32 Å². The fourth-order valence-corrected chi connectivity index (χ4v) is 4.03. The number of aromatic nitrogens is 1. The number of nitrogens with zero attached hydrogens (tertiary/aromatic N) is 2. The second-order valence-electron chi connectivity index (χ2n) is 6.31. The first-order valence-electron chi connectivity index (χ1n) is 8.66. The zero-order chi connectivity index (χ0) is 19.6. The molecule has 0 aliphatic heterocycles. The van der Waals surface area contributed by atoms with E-state index in [0.29, 0.717) is 5.56 Å². The van der Waals surface area contributed by atoms with Crippen LogP contribution in [0.4, 0.5) is 10.8 Å². The molecule has 140 valence electrons. The zero-order valence-electron chi connectivity index (χ0n) is 15.7. The Morgan fingerprint density at radius 1 is 1.30 bits per heavy atom. The normalized spacial score (nSPS) is 11.7. The van der Waals surface area contributed by atoms with Gasteiger partial charge >= 0.3 is 0 Å². The quantitative estimate of drug-likeness (QED) is 0.367. The molecule has 1 heterocycles. The molecular weight excluding hydrogens is 424 g/mol. The molecule has 0 unspecified atom stereocenters. The summed E-state index contributed by atoms with van der Waals surface area (Å²) in [5.41, 5.74) is 8.36. The van der Waals surface area contributed by atoms with Crippen molar-refractivity contribution in [1.82, 2.24) is 4.98 Å². The lowest BCUT2D eigenvalue weighted by Crippen LogP contribution is -2.14. The van der Waals surface area contributed by atoms with Gasteiger partial charge in [-0.15, -0.1) is 0 Å². The number of carbonyl (C=O) groups is 1. The predicted octanol–water partition coefficient (Wildman–Crippen LogP) is 6.13. The van der Waals surface area contributed by atoms with Crippen LogP contribution in [-0.2, 0) is 0 Å². The summed E-state index contributed by atoms with van der Waals surface area (Å²) in [6.45, 7) is 8.03. The van der Waals surface area contributed by atoms with Crippen LogP contribution in [0.3, 0.4) is 0 Å². The summed E-state index contributed by atoms with van der Waals surface area (Å²) in [6, 6.07) is 9.39. The molecule has 0 radical (unpaired) electrons. The Morgan fingerprint density at radius 3 is 2.74 bits per heavy atom. The Morgan fingerprint density at radius 2 is 2.04 bits per heavy atom. The highest BCUT2D eigenvalue weighted by atomic mass is 79.9. The highest BCUT2D eigenvalue weighted by Crippen LogP contribution is 2.35. The SMILES string of the molecule is CC/C(C)=N\Nc1nc2cc(C)c(NC(=O)c3ccccc3Br)c(C)c2s1. The topological polar surface area (TPSA) is 66.4 Å². The van der Waals surface area contributed by atoms with Gasteiger partial charge in [0.1, 0.15) is 0 Å². The minimum absolute atomic E-state index is 0.140. The van der Waals surface area contributed by atoms with Crippen molar-refractivity contribution in [2.45, 2.75) is 34.1 Å². The van der Waals surface area contributed by atoms with Crippen LogP contribution in [0.5, 0.6) is 0 Å². The Kier molecular flexibility index (Phi) is 5.92. The van der Waals surface area contributed by atoms with Gasteiger partial charge in [0.2, 0.25) is 5.13 Å². The van der Waals surface area contributed by atoms with Gasteiger partial charge in [-0.3, -0.25) is 10.2 Å². The first kappa shape index (κ1) is 19.5. The van der Waals surface area contributed by atoms with Crippen LogP contribution in [0, 0.1) is 13.8 Å². The van der Waals surface area contributed by atoms with Crippen LogP contribution in [0.1, 0.15) is 41.8 Å². The lowest BCUT2D eigenvalue weighted by atomic mass is 10.1. The summed E-state index contributed by atoms with van der Waals surface area (Å²) in [5, 5.41) is 8.12. The molecule has 1 aromatic heterocycles. The molecule has 5 nitrogen and oxygen atoms in total. The van der Waals surface area contributed by atoms with E-state index in [2.05, 4.69) is 43.7 Å². The van der Waals surface area contributed by atoms with E-state index in [4.69, 9.17) is 0 Å². The van der Waals surface area contributed by atoms with Gasteiger partial charge in [0.05, 0.1) is 15.8 Å². The number of aryl methyl sites for hydroxylation is 2. The first-order valence-corrected chi connectivity index (χ1v) is 10.3.